The van der Waals surface area contributed by atoms with Crippen LogP contribution in [0.25, 0.3) is 0 Å². The van der Waals surface area contributed by atoms with Crippen molar-refractivity contribution in [1.29, 1.82) is 0 Å². The zero-order valence-electron chi connectivity index (χ0n) is 32.2. The minimum Gasteiger partial charge on any atom is -0.457 e. The summed E-state index contributed by atoms with van der Waals surface area (Å²) in [6.07, 6.45) is 0.00298. The number of ether oxygens (including phenoxy) is 5. The van der Waals surface area contributed by atoms with E-state index in [-0.39, 0.29) is 30.5 Å². The summed E-state index contributed by atoms with van der Waals surface area (Å²) < 4.78 is 31.4. The van der Waals surface area contributed by atoms with Crippen LogP contribution in [0.1, 0.15) is 87.0 Å². The predicted molar refractivity (Wildman–Crippen MR) is 190 cm³/mol. The number of aliphatic hydroxyl groups is 1. The highest BCUT2D eigenvalue weighted by molar-refractivity contribution is 6.00. The third-order valence-electron chi connectivity index (χ3n) is 11.2. The van der Waals surface area contributed by atoms with Crippen LogP contribution >= 0.6 is 0 Å². The Morgan fingerprint density at radius 1 is 1.16 bits per heavy atom. The molecular formula is C37H66N4O9. The normalized spacial score (nSPS) is 40.9. The van der Waals surface area contributed by atoms with E-state index in [2.05, 4.69) is 18.8 Å². The number of carbonyl (C=O) groups is 3. The summed E-state index contributed by atoms with van der Waals surface area (Å²) in [5.74, 6) is -3.19. The van der Waals surface area contributed by atoms with Gasteiger partial charge in [0.1, 0.15) is 18.1 Å². The largest absolute Gasteiger partial charge is 0.457 e. The van der Waals surface area contributed by atoms with E-state index in [4.69, 9.17) is 29.4 Å². The highest BCUT2D eigenvalue weighted by Gasteiger charge is 2.59. The summed E-state index contributed by atoms with van der Waals surface area (Å²) in [5, 5.41) is 15.1. The molecular weight excluding hydrogens is 644 g/mol. The molecule has 0 radical (unpaired) electrons. The molecule has 3 saturated heterocycles. The first-order valence-electron chi connectivity index (χ1n) is 18.5. The molecule has 0 aromatic carbocycles. The lowest BCUT2D eigenvalue weighted by atomic mass is 9.77. The Balaban J connectivity index is 2.11. The molecule has 0 spiro atoms. The van der Waals surface area contributed by atoms with E-state index in [0.29, 0.717) is 45.3 Å². The average molecular weight is 711 g/mol. The number of fused-ring (bicyclic) bond motifs is 1. The second kappa shape index (κ2) is 18.1. The quantitative estimate of drug-likeness (QED) is 0.124. The van der Waals surface area contributed by atoms with Gasteiger partial charge in [-0.05, 0) is 99.3 Å². The number of cyclic esters (lactones) is 1. The maximum absolute atomic E-state index is 14.5. The number of carbonyl (C=O) groups excluding carboxylic acids is 3. The molecule has 0 aromatic rings. The molecule has 0 aliphatic carbocycles. The van der Waals surface area contributed by atoms with Crippen molar-refractivity contribution in [3.63, 3.8) is 0 Å². The SMILES string of the molecule is C=CC[C@H]1C(=O)O[C@@H](CC)[C@@]2(C)OC(=O)N(CCCCN)[C@@H]2[C@@H](C)NC[C@H](C)C[C@@](C)(OC)[C@H](O[C@@H]2O[C@H](C)CC(N(C)C)C2O)[C@@H](C)C1=O. The minimum absolute atomic E-state index is 0.00497. The zero-order chi connectivity index (χ0) is 37.6. The second-order valence-corrected chi connectivity index (χ2v) is 15.4. The van der Waals surface area contributed by atoms with Gasteiger partial charge in [0, 0.05) is 31.7 Å². The number of rotatable bonds is 11. The van der Waals surface area contributed by atoms with Crippen molar-refractivity contribution in [2.45, 2.75) is 147 Å². The van der Waals surface area contributed by atoms with Crippen LogP contribution in [0, 0.1) is 17.8 Å². The van der Waals surface area contributed by atoms with Crippen LogP contribution < -0.4 is 11.1 Å². The van der Waals surface area contributed by atoms with Crippen molar-refractivity contribution in [2.75, 3.05) is 40.8 Å². The molecule has 13 nitrogen and oxygen atoms in total. The van der Waals surface area contributed by atoms with Crippen LogP contribution in [-0.4, -0.2) is 134 Å². The number of unbranched alkanes of at least 4 members (excludes halogenated alkanes) is 1. The number of esters is 1. The van der Waals surface area contributed by atoms with E-state index >= 15 is 0 Å². The van der Waals surface area contributed by atoms with Crippen molar-refractivity contribution < 1.29 is 43.2 Å². The van der Waals surface area contributed by atoms with Gasteiger partial charge in [-0.15, -0.1) is 6.58 Å². The first-order valence-corrected chi connectivity index (χ1v) is 18.5. The first kappa shape index (κ1) is 42.3. The lowest BCUT2D eigenvalue weighted by Gasteiger charge is -2.46. The molecule has 1 amide bonds. The Morgan fingerprint density at radius 2 is 1.84 bits per heavy atom. The van der Waals surface area contributed by atoms with E-state index in [0.717, 1.165) is 6.42 Å². The van der Waals surface area contributed by atoms with Crippen LogP contribution in [-0.2, 0) is 33.3 Å². The average Bonchev–Trinajstić information content (AvgIpc) is 3.32. The van der Waals surface area contributed by atoms with Gasteiger partial charge in [-0.25, -0.2) is 4.79 Å². The molecule has 3 heterocycles. The van der Waals surface area contributed by atoms with Gasteiger partial charge < -0.3 is 44.7 Å². The van der Waals surface area contributed by atoms with E-state index in [1.807, 2.05) is 53.6 Å². The lowest BCUT2D eigenvalue weighted by Crippen LogP contribution is -2.61. The standard InChI is InChI=1S/C37H66N4O9/c1-12-16-26-29(42)24(5)32(49-34-30(43)27(40(9)10)19-23(4)47-34)36(7,46-11)20-22(3)21-39-25(6)31-37(8,28(13-2)48-33(26)44)50-35(45)41(31)18-15-14-17-38/h12,22-28,30-32,34,39,43H,1,13-21,38H2,2-11H3/t22-,23-,24+,25-,26-,27?,28+,30?,31-,32-,34+,36-,37-/m1/s1. The summed E-state index contributed by atoms with van der Waals surface area (Å²) in [6.45, 7) is 18.7. The van der Waals surface area contributed by atoms with Crippen LogP contribution in [0.3, 0.4) is 0 Å². The lowest BCUT2D eigenvalue weighted by molar-refractivity contribution is -0.295. The molecule has 3 rings (SSSR count). The maximum atomic E-state index is 14.5. The molecule has 2 unspecified atom stereocenters. The topological polar surface area (TPSA) is 162 Å². The Morgan fingerprint density at radius 3 is 2.42 bits per heavy atom. The molecule has 50 heavy (non-hydrogen) atoms. The van der Waals surface area contributed by atoms with Crippen LogP contribution in [0.4, 0.5) is 4.79 Å². The van der Waals surface area contributed by atoms with Gasteiger partial charge in [0.2, 0.25) is 0 Å². The third-order valence-corrected chi connectivity index (χ3v) is 11.2. The molecule has 13 heteroatoms. The molecule has 288 valence electrons. The van der Waals surface area contributed by atoms with E-state index in [1.54, 1.807) is 18.9 Å². The molecule has 0 bridgehead atoms. The van der Waals surface area contributed by atoms with Gasteiger partial charge in [-0.2, -0.15) is 0 Å². The highest BCUT2D eigenvalue weighted by Crippen LogP contribution is 2.40. The summed E-state index contributed by atoms with van der Waals surface area (Å²) >= 11 is 0. The second-order valence-electron chi connectivity index (χ2n) is 15.4. The van der Waals surface area contributed by atoms with Gasteiger partial charge in [-0.1, -0.05) is 26.8 Å². The number of Topliss-reactive ketones (excluding diaryl/α,β-unsaturated/α-hetero) is 1. The van der Waals surface area contributed by atoms with E-state index in [1.165, 1.54) is 6.08 Å². The molecule has 3 aliphatic rings. The molecule has 3 aliphatic heterocycles. The van der Waals surface area contributed by atoms with Gasteiger partial charge in [-0.3, -0.25) is 14.5 Å². The number of nitrogens with one attached hydrogen (secondary N) is 1. The maximum Gasteiger partial charge on any atom is 0.410 e. The fourth-order valence-corrected chi connectivity index (χ4v) is 8.37. The van der Waals surface area contributed by atoms with Crippen LogP contribution in [0.15, 0.2) is 12.7 Å². The summed E-state index contributed by atoms with van der Waals surface area (Å²) in [7, 11) is 5.39. The number of likely N-dealkylation sites (N-methyl/N-ethyl adjacent to an activating group) is 1. The zero-order valence-corrected chi connectivity index (χ0v) is 32.2. The Kier molecular flexibility index (Phi) is 15.3. The predicted octanol–water partition coefficient (Wildman–Crippen LogP) is 3.26. The number of nitrogens with two attached hydrogens (primary N) is 1. The number of ketones is 1. The van der Waals surface area contributed by atoms with E-state index < -0.39 is 71.5 Å². The molecule has 3 fully saturated rings. The van der Waals surface area contributed by atoms with Gasteiger partial charge in [0.15, 0.2) is 17.7 Å². The minimum atomic E-state index is -1.20. The fraction of sp³-hybridized carbons (Fsp3) is 0.865. The van der Waals surface area contributed by atoms with E-state index in [9.17, 15) is 19.5 Å². The van der Waals surface area contributed by atoms with Gasteiger partial charge >= 0.3 is 12.1 Å². The molecule has 0 saturated carbocycles. The van der Waals surface area contributed by atoms with Crippen molar-refractivity contribution in [1.82, 2.24) is 15.1 Å². The van der Waals surface area contributed by atoms with Crippen molar-refractivity contribution in [2.24, 2.45) is 23.5 Å². The smallest absolute Gasteiger partial charge is 0.410 e. The third kappa shape index (κ3) is 9.26. The number of methoxy groups -OCH3 is 1. The Labute approximate surface area is 299 Å². The van der Waals surface area contributed by atoms with Gasteiger partial charge in [0.05, 0.1) is 23.9 Å². The summed E-state index contributed by atoms with van der Waals surface area (Å²) in [6, 6.07) is -0.961. The highest BCUT2D eigenvalue weighted by atomic mass is 16.7. The van der Waals surface area contributed by atoms with Gasteiger partial charge in [0.25, 0.3) is 0 Å². The van der Waals surface area contributed by atoms with Crippen molar-refractivity contribution >= 4 is 17.8 Å². The van der Waals surface area contributed by atoms with Crippen LogP contribution in [0.2, 0.25) is 0 Å². The monoisotopic (exact) mass is 710 g/mol. The molecule has 4 N–H and O–H groups in total. The Hall–Kier alpha value is -2.13. The molecule has 0 aromatic heterocycles. The first-order chi connectivity index (χ1) is 23.5. The molecule has 13 atom stereocenters. The van der Waals surface area contributed by atoms with Crippen molar-refractivity contribution in [3.05, 3.63) is 12.7 Å². The number of hydrogen-bond donors (Lipinski definition) is 3. The number of allylic oxidation sites excluding steroid dienone is 1. The Bertz CT molecular complexity index is 1160. The summed E-state index contributed by atoms with van der Waals surface area (Å²) in [5.41, 5.74) is 3.53. The number of hydrogen-bond acceptors (Lipinski definition) is 12. The number of aliphatic hydroxyl groups excluding tert-OH is 1. The van der Waals surface area contributed by atoms with Crippen molar-refractivity contribution in [3.8, 4) is 0 Å². The van der Waals surface area contributed by atoms with Crippen LogP contribution in [0.5, 0.6) is 0 Å². The fourth-order valence-electron chi connectivity index (χ4n) is 8.37. The number of nitrogens with zero attached hydrogens (tertiary/aromatic N) is 2. The number of amides is 1. The summed E-state index contributed by atoms with van der Waals surface area (Å²) in [4.78, 5) is 45.8.